The van der Waals surface area contributed by atoms with Crippen LogP contribution in [0.1, 0.15) is 70.6 Å². The van der Waals surface area contributed by atoms with Gasteiger partial charge in [0, 0.05) is 6.04 Å². The van der Waals surface area contributed by atoms with Crippen LogP contribution in [0, 0.1) is 35.5 Å². The highest BCUT2D eigenvalue weighted by molar-refractivity contribution is 5.02. The van der Waals surface area contributed by atoms with E-state index in [-0.39, 0.29) is 0 Å². The van der Waals surface area contributed by atoms with E-state index in [0.717, 1.165) is 41.5 Å². The zero-order valence-electron chi connectivity index (χ0n) is 13.3. The van der Waals surface area contributed by atoms with Gasteiger partial charge in [-0.25, -0.2) is 0 Å². The highest BCUT2D eigenvalue weighted by Crippen LogP contribution is 2.58. The topological polar surface area (TPSA) is 12.0 Å². The van der Waals surface area contributed by atoms with Crippen molar-refractivity contribution in [3.05, 3.63) is 0 Å². The first-order valence-electron chi connectivity index (χ1n) is 9.52. The molecule has 1 atom stereocenters. The second kappa shape index (κ2) is 5.63. The molecule has 5 rings (SSSR count). The molecule has 114 valence electrons. The standard InChI is InChI=1S/C19H33N/c1-20-19(15-6-4-2-3-5-7-15)18-16-9-13-8-14(11-16)12-17(18)10-13/h13-20H,2-12H2,1H3. The fourth-order valence-corrected chi connectivity index (χ4v) is 6.97. The second-order valence-corrected chi connectivity index (χ2v) is 8.57. The molecule has 1 heteroatoms. The maximum atomic E-state index is 3.83. The summed E-state index contributed by atoms with van der Waals surface area (Å²) in [5.41, 5.74) is 0. The SMILES string of the molecule is CNC(C1CCCCCC1)C1C2CC3CC(C2)CC1C3. The molecule has 0 aromatic heterocycles. The van der Waals surface area contributed by atoms with Gasteiger partial charge in [-0.05, 0) is 87.5 Å². The molecule has 1 unspecified atom stereocenters. The Labute approximate surface area is 125 Å². The highest BCUT2D eigenvalue weighted by Gasteiger charge is 2.51. The van der Waals surface area contributed by atoms with Gasteiger partial charge in [0.05, 0.1) is 0 Å². The molecule has 0 aliphatic heterocycles. The average Bonchev–Trinajstić information content (AvgIpc) is 2.71. The molecule has 0 amide bonds. The first-order chi connectivity index (χ1) is 9.85. The fourth-order valence-electron chi connectivity index (χ4n) is 6.97. The molecule has 0 spiro atoms. The number of hydrogen-bond acceptors (Lipinski definition) is 1. The third-order valence-corrected chi connectivity index (χ3v) is 7.46. The maximum Gasteiger partial charge on any atom is 0.0126 e. The minimum absolute atomic E-state index is 0.850. The van der Waals surface area contributed by atoms with Crippen LogP contribution in [0.4, 0.5) is 0 Å². The Morgan fingerprint density at radius 2 is 1.30 bits per heavy atom. The summed E-state index contributed by atoms with van der Waals surface area (Å²) in [5.74, 6) is 6.46. The molecule has 5 aliphatic rings. The Hall–Kier alpha value is -0.0400. The molecule has 0 heterocycles. The predicted molar refractivity (Wildman–Crippen MR) is 84.6 cm³/mol. The van der Waals surface area contributed by atoms with Crippen LogP contribution in [0.2, 0.25) is 0 Å². The van der Waals surface area contributed by atoms with E-state index < -0.39 is 0 Å². The molecule has 1 nitrogen and oxygen atoms in total. The first-order valence-corrected chi connectivity index (χ1v) is 9.52. The quantitative estimate of drug-likeness (QED) is 0.741. The summed E-state index contributed by atoms with van der Waals surface area (Å²) >= 11 is 0. The van der Waals surface area contributed by atoms with Crippen LogP contribution in [0.25, 0.3) is 0 Å². The van der Waals surface area contributed by atoms with E-state index in [9.17, 15) is 0 Å². The molecule has 0 aromatic rings. The fraction of sp³-hybridized carbons (Fsp3) is 1.00. The smallest absolute Gasteiger partial charge is 0.0126 e. The first kappa shape index (κ1) is 13.6. The number of hydrogen-bond donors (Lipinski definition) is 1. The Balaban J connectivity index is 1.52. The predicted octanol–water partition coefficient (Wildman–Crippen LogP) is 4.62. The molecule has 0 radical (unpaired) electrons. The minimum atomic E-state index is 0.850. The van der Waals surface area contributed by atoms with Crippen LogP contribution in [-0.2, 0) is 0 Å². The monoisotopic (exact) mass is 275 g/mol. The molecular formula is C19H33N. The van der Waals surface area contributed by atoms with Crippen LogP contribution in [-0.4, -0.2) is 13.1 Å². The number of nitrogens with one attached hydrogen (secondary N) is 1. The lowest BCUT2D eigenvalue weighted by molar-refractivity contribution is -0.0605. The lowest BCUT2D eigenvalue weighted by atomic mass is 9.49. The number of rotatable bonds is 3. The van der Waals surface area contributed by atoms with Crippen molar-refractivity contribution in [2.45, 2.75) is 76.7 Å². The summed E-state index contributed by atoms with van der Waals surface area (Å²) in [4.78, 5) is 0. The van der Waals surface area contributed by atoms with Crippen LogP contribution >= 0.6 is 0 Å². The average molecular weight is 275 g/mol. The van der Waals surface area contributed by atoms with Gasteiger partial charge in [-0.3, -0.25) is 0 Å². The van der Waals surface area contributed by atoms with Crippen LogP contribution in [0.3, 0.4) is 0 Å². The maximum absolute atomic E-state index is 3.83. The summed E-state index contributed by atoms with van der Waals surface area (Å²) in [6, 6.07) is 0.850. The lowest BCUT2D eigenvalue weighted by Crippen LogP contribution is -2.54. The largest absolute Gasteiger partial charge is 0.316 e. The van der Waals surface area contributed by atoms with Crippen molar-refractivity contribution in [2.75, 3.05) is 7.05 Å². The summed E-state index contributed by atoms with van der Waals surface area (Å²) in [6.07, 6.45) is 16.9. The van der Waals surface area contributed by atoms with Gasteiger partial charge in [-0.15, -0.1) is 0 Å². The van der Waals surface area contributed by atoms with Crippen molar-refractivity contribution >= 4 is 0 Å². The van der Waals surface area contributed by atoms with E-state index in [1.54, 1.807) is 32.1 Å². The summed E-state index contributed by atoms with van der Waals surface area (Å²) in [5, 5.41) is 3.83. The van der Waals surface area contributed by atoms with E-state index in [2.05, 4.69) is 12.4 Å². The molecule has 5 fully saturated rings. The summed E-state index contributed by atoms with van der Waals surface area (Å²) < 4.78 is 0. The zero-order chi connectivity index (χ0) is 13.5. The molecule has 4 bridgehead atoms. The van der Waals surface area contributed by atoms with Crippen molar-refractivity contribution in [1.29, 1.82) is 0 Å². The molecule has 0 saturated heterocycles. The van der Waals surface area contributed by atoms with Crippen molar-refractivity contribution in [3.8, 4) is 0 Å². The van der Waals surface area contributed by atoms with Crippen molar-refractivity contribution in [1.82, 2.24) is 5.32 Å². The van der Waals surface area contributed by atoms with Gasteiger partial charge >= 0.3 is 0 Å². The van der Waals surface area contributed by atoms with Gasteiger partial charge in [-0.2, -0.15) is 0 Å². The van der Waals surface area contributed by atoms with Gasteiger partial charge < -0.3 is 5.32 Å². The molecule has 1 N–H and O–H groups in total. The van der Waals surface area contributed by atoms with Crippen molar-refractivity contribution in [3.63, 3.8) is 0 Å². The normalized spacial score (nSPS) is 46.4. The third kappa shape index (κ3) is 2.34. The molecule has 0 aromatic carbocycles. The molecule has 5 aliphatic carbocycles. The van der Waals surface area contributed by atoms with Crippen LogP contribution in [0.15, 0.2) is 0 Å². The van der Waals surface area contributed by atoms with Gasteiger partial charge in [-0.1, -0.05) is 25.7 Å². The van der Waals surface area contributed by atoms with Gasteiger partial charge in [0.2, 0.25) is 0 Å². The van der Waals surface area contributed by atoms with E-state index in [4.69, 9.17) is 0 Å². The summed E-state index contributed by atoms with van der Waals surface area (Å²) in [6.45, 7) is 0. The summed E-state index contributed by atoms with van der Waals surface area (Å²) in [7, 11) is 2.26. The Morgan fingerprint density at radius 3 is 1.80 bits per heavy atom. The van der Waals surface area contributed by atoms with E-state index in [1.165, 1.54) is 38.5 Å². The van der Waals surface area contributed by atoms with E-state index in [0.29, 0.717) is 0 Å². The van der Waals surface area contributed by atoms with Gasteiger partial charge in [0.25, 0.3) is 0 Å². The van der Waals surface area contributed by atoms with Gasteiger partial charge in [0.1, 0.15) is 0 Å². The Kier molecular flexibility index (Phi) is 3.83. The van der Waals surface area contributed by atoms with Gasteiger partial charge in [0.15, 0.2) is 0 Å². The van der Waals surface area contributed by atoms with Crippen molar-refractivity contribution in [2.24, 2.45) is 35.5 Å². The third-order valence-electron chi connectivity index (χ3n) is 7.46. The highest BCUT2D eigenvalue weighted by atomic mass is 14.9. The Morgan fingerprint density at radius 1 is 0.750 bits per heavy atom. The second-order valence-electron chi connectivity index (χ2n) is 8.57. The molecule has 5 saturated carbocycles. The minimum Gasteiger partial charge on any atom is -0.316 e. The van der Waals surface area contributed by atoms with Crippen LogP contribution in [0.5, 0.6) is 0 Å². The Bertz CT molecular complexity index is 301. The molecular weight excluding hydrogens is 242 g/mol. The van der Waals surface area contributed by atoms with E-state index >= 15 is 0 Å². The van der Waals surface area contributed by atoms with E-state index in [1.807, 2.05) is 0 Å². The zero-order valence-corrected chi connectivity index (χ0v) is 13.3. The van der Waals surface area contributed by atoms with Crippen LogP contribution < -0.4 is 5.32 Å². The van der Waals surface area contributed by atoms with Crippen molar-refractivity contribution < 1.29 is 0 Å². The lowest BCUT2D eigenvalue weighted by Gasteiger charge is -2.57. The molecule has 20 heavy (non-hydrogen) atoms.